The number of rotatable bonds is 20. The number of anilines is 2. The number of hydrogen-bond acceptors (Lipinski definition) is 9. The molecule has 45 heavy (non-hydrogen) atoms. The molecule has 0 radical (unpaired) electrons. The second kappa shape index (κ2) is 17.5. The van der Waals surface area contributed by atoms with Gasteiger partial charge < -0.3 is 25.0 Å². The Morgan fingerprint density at radius 3 is 2.40 bits per heavy atom. The van der Waals surface area contributed by atoms with Crippen LogP contribution < -0.4 is 15.4 Å². The van der Waals surface area contributed by atoms with Gasteiger partial charge in [-0.1, -0.05) is 48.5 Å². The maximum atomic E-state index is 10.6. The van der Waals surface area contributed by atoms with Gasteiger partial charge in [-0.2, -0.15) is 0 Å². The Bertz CT molecular complexity index is 1610. The fourth-order valence-electron chi connectivity index (χ4n) is 5.42. The molecule has 0 fully saturated rings. The summed E-state index contributed by atoms with van der Waals surface area (Å²) in [5, 5.41) is 9.16. The molecule has 0 bridgehead atoms. The molecule has 0 aliphatic carbocycles. The number of nitrogens with zero attached hydrogens (tertiary/aromatic N) is 4. The van der Waals surface area contributed by atoms with Crippen LogP contribution in [0.5, 0.6) is 5.75 Å². The van der Waals surface area contributed by atoms with Crippen LogP contribution in [0.25, 0.3) is 21.8 Å². The Morgan fingerprint density at radius 2 is 1.51 bits per heavy atom. The monoisotopic (exact) mass is 606 g/mol. The lowest BCUT2D eigenvalue weighted by molar-refractivity contribution is -0.128. The second-order valence-electron chi connectivity index (χ2n) is 10.9. The van der Waals surface area contributed by atoms with Gasteiger partial charge in [0, 0.05) is 54.9 Å². The fourth-order valence-corrected chi connectivity index (χ4v) is 5.42. The summed E-state index contributed by atoms with van der Waals surface area (Å²) in [5.74, 6) is 1.65. The van der Waals surface area contributed by atoms with Crippen molar-refractivity contribution in [1.82, 2.24) is 19.9 Å². The van der Waals surface area contributed by atoms with E-state index < -0.39 is 0 Å². The minimum Gasteiger partial charge on any atom is -0.493 e. The highest BCUT2D eigenvalue weighted by molar-refractivity contribution is 5.91. The van der Waals surface area contributed by atoms with Crippen LogP contribution >= 0.6 is 0 Å². The molecule has 5 aromatic rings. The van der Waals surface area contributed by atoms with Crippen LogP contribution in [0.1, 0.15) is 31.2 Å². The first-order chi connectivity index (χ1) is 22.3. The van der Waals surface area contributed by atoms with Crippen LogP contribution in [0.2, 0.25) is 0 Å². The number of carbonyl (C=O) groups excluding carboxylic acids is 1. The van der Waals surface area contributed by atoms with Gasteiger partial charge >= 0.3 is 0 Å². The molecule has 0 saturated carbocycles. The smallest absolute Gasteiger partial charge is 0.293 e. The molecule has 2 N–H and O–H groups in total. The Kier molecular flexibility index (Phi) is 12.3. The van der Waals surface area contributed by atoms with Crippen LogP contribution in [0.4, 0.5) is 11.5 Å². The Hall–Kier alpha value is -4.76. The summed E-state index contributed by atoms with van der Waals surface area (Å²) >= 11 is 0. The zero-order valence-electron chi connectivity index (χ0n) is 25.7. The van der Waals surface area contributed by atoms with Crippen LogP contribution in [0.3, 0.4) is 0 Å². The average Bonchev–Trinajstić information content (AvgIpc) is 3.09. The minimum absolute atomic E-state index is 0.431. The number of para-hydroxylation sites is 1. The Morgan fingerprint density at radius 1 is 0.711 bits per heavy atom. The molecule has 9 nitrogen and oxygen atoms in total. The molecule has 234 valence electrons. The summed E-state index contributed by atoms with van der Waals surface area (Å²) in [6, 6.07) is 26.7. The van der Waals surface area contributed by atoms with E-state index in [1.165, 1.54) is 5.56 Å². The largest absolute Gasteiger partial charge is 0.493 e. The predicted molar refractivity (Wildman–Crippen MR) is 181 cm³/mol. The van der Waals surface area contributed by atoms with Crippen molar-refractivity contribution in [2.75, 3.05) is 56.6 Å². The van der Waals surface area contributed by atoms with Crippen molar-refractivity contribution in [3.8, 4) is 5.75 Å². The van der Waals surface area contributed by atoms with E-state index in [2.05, 4.69) is 60.8 Å². The van der Waals surface area contributed by atoms with E-state index in [1.54, 1.807) is 6.33 Å². The van der Waals surface area contributed by atoms with Gasteiger partial charge in [0.2, 0.25) is 0 Å². The topological polar surface area (TPSA) is 102 Å². The van der Waals surface area contributed by atoms with E-state index in [9.17, 15) is 4.79 Å². The summed E-state index contributed by atoms with van der Waals surface area (Å²) < 4.78 is 11.0. The van der Waals surface area contributed by atoms with Crippen LogP contribution in [-0.4, -0.2) is 72.3 Å². The van der Waals surface area contributed by atoms with Gasteiger partial charge in [0.25, 0.3) is 6.47 Å². The summed E-state index contributed by atoms with van der Waals surface area (Å²) in [7, 11) is 0. The summed E-state index contributed by atoms with van der Waals surface area (Å²) in [6.45, 7) is 5.94. The quantitative estimate of drug-likeness (QED) is 0.0774. The average molecular weight is 607 g/mol. The molecule has 0 unspecified atom stereocenters. The molecular weight excluding hydrogens is 564 g/mol. The third-order valence-electron chi connectivity index (χ3n) is 7.69. The highest BCUT2D eigenvalue weighted by Crippen LogP contribution is 2.24. The summed E-state index contributed by atoms with van der Waals surface area (Å²) in [6.07, 6.45) is 8.16. The maximum absolute atomic E-state index is 10.6. The molecule has 0 aliphatic rings. The molecule has 0 aliphatic heterocycles. The van der Waals surface area contributed by atoms with Gasteiger partial charge in [0.1, 0.15) is 17.9 Å². The van der Waals surface area contributed by atoms with Gasteiger partial charge in [-0.25, -0.2) is 9.97 Å². The molecule has 0 amide bonds. The third kappa shape index (κ3) is 9.87. The zero-order valence-corrected chi connectivity index (χ0v) is 25.7. The highest BCUT2D eigenvalue weighted by atomic mass is 16.5. The van der Waals surface area contributed by atoms with Gasteiger partial charge in [-0.05, 0) is 68.5 Å². The lowest BCUT2D eigenvalue weighted by atomic mass is 10.1. The molecule has 0 atom stereocenters. The molecule has 2 heterocycles. The Balaban J connectivity index is 1.06. The van der Waals surface area contributed by atoms with E-state index in [0.29, 0.717) is 19.7 Å². The van der Waals surface area contributed by atoms with E-state index in [1.807, 2.05) is 54.7 Å². The molecule has 2 aromatic heterocycles. The first kappa shape index (κ1) is 31.7. The van der Waals surface area contributed by atoms with E-state index >= 15 is 0 Å². The summed E-state index contributed by atoms with van der Waals surface area (Å²) in [4.78, 5) is 26.4. The lowest BCUT2D eigenvalue weighted by Crippen LogP contribution is -2.30. The van der Waals surface area contributed by atoms with Crippen molar-refractivity contribution in [2.24, 2.45) is 0 Å². The van der Waals surface area contributed by atoms with Gasteiger partial charge in [0.05, 0.1) is 24.2 Å². The number of hydrogen-bond donors (Lipinski definition) is 2. The Labute approximate surface area is 265 Å². The van der Waals surface area contributed by atoms with Crippen molar-refractivity contribution in [3.05, 3.63) is 97.0 Å². The van der Waals surface area contributed by atoms with Gasteiger partial charge in [-0.3, -0.25) is 9.78 Å². The van der Waals surface area contributed by atoms with E-state index in [-0.39, 0.29) is 0 Å². The number of benzene rings is 3. The molecule has 5 rings (SSSR count). The number of fused-ring (bicyclic) bond motifs is 2. The highest BCUT2D eigenvalue weighted by Gasteiger charge is 2.08. The number of pyridine rings is 1. The van der Waals surface area contributed by atoms with E-state index in [4.69, 9.17) is 9.47 Å². The van der Waals surface area contributed by atoms with Crippen molar-refractivity contribution in [3.63, 3.8) is 0 Å². The normalized spacial score (nSPS) is 11.1. The van der Waals surface area contributed by atoms with Crippen molar-refractivity contribution < 1.29 is 14.3 Å². The van der Waals surface area contributed by atoms with Crippen LogP contribution in [-0.2, 0) is 16.0 Å². The SMILES string of the molecule is O=COCCCN(CCCNc1ccnc2ccccc12)CCCOc1ccc2c(NCCCc3ccccc3)ncnc2c1. The van der Waals surface area contributed by atoms with Gasteiger partial charge in [0.15, 0.2) is 0 Å². The lowest BCUT2D eigenvalue weighted by Gasteiger charge is -2.22. The van der Waals surface area contributed by atoms with Crippen molar-refractivity contribution in [2.45, 2.75) is 32.1 Å². The minimum atomic E-state index is 0.431. The van der Waals surface area contributed by atoms with Crippen molar-refractivity contribution in [1.29, 1.82) is 0 Å². The predicted octanol–water partition coefficient (Wildman–Crippen LogP) is 6.36. The first-order valence-electron chi connectivity index (χ1n) is 15.8. The molecular formula is C36H42N6O3. The molecule has 9 heteroatoms. The molecule has 0 saturated heterocycles. The zero-order chi connectivity index (χ0) is 30.9. The van der Waals surface area contributed by atoms with Crippen LogP contribution in [0, 0.1) is 0 Å². The summed E-state index contributed by atoms with van der Waals surface area (Å²) in [5.41, 5.74) is 4.30. The number of nitrogens with one attached hydrogen (secondary N) is 2. The standard InChI is InChI=1S/C36H42N6O3/c43-28-44-24-8-22-42(21-7-19-37-34-17-20-38-33-14-5-4-13-31(33)34)23-9-25-45-30-15-16-32-35(26-30)40-27-41-36(32)39-18-6-12-29-10-2-1-3-11-29/h1-5,10-11,13-17,20,26-28H,6-9,12,18-19,21-25H2,(H,37,38)(H,39,40,41). The fraction of sp³-hybridized carbons (Fsp3) is 0.333. The van der Waals surface area contributed by atoms with Gasteiger partial charge in [-0.15, -0.1) is 0 Å². The van der Waals surface area contributed by atoms with E-state index in [0.717, 1.165) is 104 Å². The number of aromatic nitrogens is 3. The first-order valence-corrected chi connectivity index (χ1v) is 15.8. The molecule has 3 aromatic carbocycles. The number of ether oxygens (including phenoxy) is 2. The molecule has 0 spiro atoms. The maximum Gasteiger partial charge on any atom is 0.293 e. The van der Waals surface area contributed by atoms with Crippen LogP contribution in [0.15, 0.2) is 91.4 Å². The van der Waals surface area contributed by atoms with Crippen molar-refractivity contribution >= 4 is 39.8 Å². The number of carbonyl (C=O) groups is 1. The second-order valence-corrected chi connectivity index (χ2v) is 10.9. The number of aryl methyl sites for hydroxylation is 1. The third-order valence-corrected chi connectivity index (χ3v) is 7.69.